The van der Waals surface area contributed by atoms with Crippen LogP contribution in [-0.2, 0) is 0 Å². The van der Waals surface area contributed by atoms with Gasteiger partial charge >= 0.3 is 0 Å². The minimum absolute atomic E-state index is 0.0595. The SMILES string of the molecule is O=C(NC1(CO)CC1)c1ccc(Br)cc1O. The van der Waals surface area contributed by atoms with Gasteiger partial charge in [0.25, 0.3) is 5.91 Å². The molecular formula is C11H12BrNO3. The molecule has 0 bridgehead atoms. The molecule has 0 aromatic heterocycles. The van der Waals surface area contributed by atoms with E-state index < -0.39 is 5.54 Å². The Morgan fingerprint density at radius 3 is 2.69 bits per heavy atom. The van der Waals surface area contributed by atoms with E-state index in [2.05, 4.69) is 21.2 Å². The average Bonchev–Trinajstić information content (AvgIpc) is 2.98. The highest BCUT2D eigenvalue weighted by Crippen LogP contribution is 2.35. The van der Waals surface area contributed by atoms with Crippen molar-refractivity contribution in [2.24, 2.45) is 0 Å². The number of aromatic hydroxyl groups is 1. The van der Waals surface area contributed by atoms with Crippen molar-refractivity contribution in [1.82, 2.24) is 5.32 Å². The Labute approximate surface area is 101 Å². The highest BCUT2D eigenvalue weighted by atomic mass is 79.9. The van der Waals surface area contributed by atoms with Gasteiger partial charge in [-0.1, -0.05) is 15.9 Å². The third-order valence-electron chi connectivity index (χ3n) is 2.74. The first-order valence-electron chi connectivity index (χ1n) is 4.98. The van der Waals surface area contributed by atoms with Crippen molar-refractivity contribution >= 4 is 21.8 Å². The number of carbonyl (C=O) groups excluding carboxylic acids is 1. The van der Waals surface area contributed by atoms with Gasteiger partial charge in [-0.15, -0.1) is 0 Å². The fourth-order valence-corrected chi connectivity index (χ4v) is 1.83. The molecule has 1 aromatic carbocycles. The summed E-state index contributed by atoms with van der Waals surface area (Å²) in [5.41, 5.74) is -0.237. The number of hydrogen-bond acceptors (Lipinski definition) is 3. The fraction of sp³-hybridized carbons (Fsp3) is 0.364. The smallest absolute Gasteiger partial charge is 0.255 e. The zero-order chi connectivity index (χ0) is 11.8. The molecule has 1 aliphatic carbocycles. The zero-order valence-corrected chi connectivity index (χ0v) is 10.1. The van der Waals surface area contributed by atoms with Gasteiger partial charge in [-0.25, -0.2) is 0 Å². The van der Waals surface area contributed by atoms with Crippen LogP contribution in [0.1, 0.15) is 23.2 Å². The molecule has 86 valence electrons. The van der Waals surface area contributed by atoms with Gasteiger partial charge < -0.3 is 15.5 Å². The number of aliphatic hydroxyl groups is 1. The Morgan fingerprint density at radius 2 is 2.19 bits per heavy atom. The predicted molar refractivity (Wildman–Crippen MR) is 62.3 cm³/mol. The second kappa shape index (κ2) is 4.07. The molecule has 0 spiro atoms. The van der Waals surface area contributed by atoms with Crippen LogP contribution in [0.15, 0.2) is 22.7 Å². The van der Waals surface area contributed by atoms with Crippen LogP contribution in [0.3, 0.4) is 0 Å². The standard InChI is InChI=1S/C11H12BrNO3/c12-7-1-2-8(9(15)5-7)10(16)13-11(6-14)3-4-11/h1-2,5,14-15H,3-4,6H2,(H,13,16). The number of halogens is 1. The van der Waals surface area contributed by atoms with E-state index in [9.17, 15) is 9.90 Å². The van der Waals surface area contributed by atoms with Crippen LogP contribution in [0.25, 0.3) is 0 Å². The van der Waals surface area contributed by atoms with Crippen LogP contribution in [0.4, 0.5) is 0 Å². The summed E-state index contributed by atoms with van der Waals surface area (Å²) < 4.78 is 0.713. The van der Waals surface area contributed by atoms with Gasteiger partial charge in [0, 0.05) is 4.47 Å². The molecule has 0 unspecified atom stereocenters. The molecule has 0 radical (unpaired) electrons. The number of carbonyl (C=O) groups is 1. The molecule has 1 aliphatic rings. The molecule has 2 rings (SSSR count). The lowest BCUT2D eigenvalue weighted by Gasteiger charge is -2.14. The molecule has 0 saturated heterocycles. The van der Waals surface area contributed by atoms with Crippen molar-refractivity contribution in [2.45, 2.75) is 18.4 Å². The minimum atomic E-state index is -0.462. The lowest BCUT2D eigenvalue weighted by molar-refractivity contribution is 0.0904. The number of amides is 1. The molecule has 3 N–H and O–H groups in total. The number of hydrogen-bond donors (Lipinski definition) is 3. The predicted octanol–water partition coefficient (Wildman–Crippen LogP) is 1.41. The second-order valence-electron chi connectivity index (χ2n) is 4.05. The highest BCUT2D eigenvalue weighted by Gasteiger charge is 2.43. The van der Waals surface area contributed by atoms with E-state index >= 15 is 0 Å². The molecule has 1 fully saturated rings. The Kier molecular flexibility index (Phi) is 2.90. The molecule has 0 atom stereocenters. The summed E-state index contributed by atoms with van der Waals surface area (Å²) in [5, 5.41) is 21.4. The van der Waals surface area contributed by atoms with Crippen LogP contribution in [-0.4, -0.2) is 28.3 Å². The van der Waals surface area contributed by atoms with Crippen LogP contribution in [0, 0.1) is 0 Å². The van der Waals surface area contributed by atoms with E-state index in [1.54, 1.807) is 12.1 Å². The molecule has 1 saturated carbocycles. The second-order valence-corrected chi connectivity index (χ2v) is 4.97. The van der Waals surface area contributed by atoms with Crippen molar-refractivity contribution in [3.8, 4) is 5.75 Å². The van der Waals surface area contributed by atoms with Gasteiger partial charge in [0.2, 0.25) is 0 Å². The number of rotatable bonds is 3. The first kappa shape index (κ1) is 11.4. The van der Waals surface area contributed by atoms with E-state index in [4.69, 9.17) is 5.11 Å². The van der Waals surface area contributed by atoms with Gasteiger partial charge in [-0.3, -0.25) is 4.79 Å². The summed E-state index contributed by atoms with van der Waals surface area (Å²) in [6.45, 7) is -0.0595. The number of phenolic OH excluding ortho intramolecular Hbond substituents is 1. The Hall–Kier alpha value is -1.07. The van der Waals surface area contributed by atoms with Crippen LogP contribution < -0.4 is 5.32 Å². The van der Waals surface area contributed by atoms with E-state index in [0.29, 0.717) is 4.47 Å². The molecule has 0 heterocycles. The van der Waals surface area contributed by atoms with E-state index in [-0.39, 0.29) is 23.8 Å². The first-order valence-corrected chi connectivity index (χ1v) is 5.77. The van der Waals surface area contributed by atoms with E-state index in [1.807, 2.05) is 0 Å². The lowest BCUT2D eigenvalue weighted by Crippen LogP contribution is -2.39. The molecular weight excluding hydrogens is 274 g/mol. The quantitative estimate of drug-likeness (QED) is 0.787. The molecule has 0 aliphatic heterocycles. The average molecular weight is 286 g/mol. The van der Waals surface area contributed by atoms with Gasteiger partial charge in [0.1, 0.15) is 5.75 Å². The van der Waals surface area contributed by atoms with Crippen molar-refractivity contribution < 1.29 is 15.0 Å². The molecule has 1 amide bonds. The van der Waals surface area contributed by atoms with Crippen LogP contribution in [0.2, 0.25) is 0 Å². The van der Waals surface area contributed by atoms with Crippen LogP contribution in [0.5, 0.6) is 5.75 Å². The summed E-state index contributed by atoms with van der Waals surface area (Å²) in [7, 11) is 0. The Morgan fingerprint density at radius 1 is 1.50 bits per heavy atom. The third-order valence-corrected chi connectivity index (χ3v) is 3.23. The number of benzene rings is 1. The lowest BCUT2D eigenvalue weighted by atomic mass is 10.1. The van der Waals surface area contributed by atoms with E-state index in [1.165, 1.54) is 6.07 Å². The van der Waals surface area contributed by atoms with Crippen molar-refractivity contribution in [2.75, 3.05) is 6.61 Å². The molecule has 16 heavy (non-hydrogen) atoms. The molecule has 1 aromatic rings. The first-order chi connectivity index (χ1) is 7.56. The minimum Gasteiger partial charge on any atom is -0.507 e. The number of phenols is 1. The summed E-state index contributed by atoms with van der Waals surface area (Å²) in [4.78, 5) is 11.8. The normalized spacial score (nSPS) is 16.9. The van der Waals surface area contributed by atoms with Crippen molar-refractivity contribution in [1.29, 1.82) is 0 Å². The fourth-order valence-electron chi connectivity index (χ4n) is 1.48. The van der Waals surface area contributed by atoms with Crippen molar-refractivity contribution in [3.05, 3.63) is 28.2 Å². The Bertz CT molecular complexity index is 429. The monoisotopic (exact) mass is 285 g/mol. The number of aliphatic hydroxyl groups excluding tert-OH is 1. The van der Waals surface area contributed by atoms with Gasteiger partial charge in [-0.2, -0.15) is 0 Å². The summed E-state index contributed by atoms with van der Waals surface area (Å²) >= 11 is 3.20. The molecule has 5 heteroatoms. The van der Waals surface area contributed by atoms with Crippen molar-refractivity contribution in [3.63, 3.8) is 0 Å². The molecule has 4 nitrogen and oxygen atoms in total. The van der Waals surface area contributed by atoms with E-state index in [0.717, 1.165) is 12.8 Å². The maximum atomic E-state index is 11.8. The Balaban J connectivity index is 2.15. The third kappa shape index (κ3) is 2.20. The van der Waals surface area contributed by atoms with Gasteiger partial charge in [-0.05, 0) is 31.0 Å². The largest absolute Gasteiger partial charge is 0.507 e. The topological polar surface area (TPSA) is 69.6 Å². The van der Waals surface area contributed by atoms with Crippen LogP contribution >= 0.6 is 15.9 Å². The van der Waals surface area contributed by atoms with Gasteiger partial charge in [0.05, 0.1) is 17.7 Å². The summed E-state index contributed by atoms with van der Waals surface area (Å²) in [6.07, 6.45) is 1.57. The zero-order valence-electron chi connectivity index (χ0n) is 8.53. The van der Waals surface area contributed by atoms with Gasteiger partial charge in [0.15, 0.2) is 0 Å². The highest BCUT2D eigenvalue weighted by molar-refractivity contribution is 9.10. The summed E-state index contributed by atoms with van der Waals surface area (Å²) in [6, 6.07) is 4.70. The summed E-state index contributed by atoms with van der Waals surface area (Å²) in [5.74, 6) is -0.419. The maximum Gasteiger partial charge on any atom is 0.255 e. The number of nitrogens with one attached hydrogen (secondary N) is 1. The maximum absolute atomic E-state index is 11.8.